The van der Waals surface area contributed by atoms with Crippen molar-refractivity contribution >= 4 is 21.9 Å². The second-order valence-electron chi connectivity index (χ2n) is 3.68. The number of halogens is 1. The van der Waals surface area contributed by atoms with Crippen molar-refractivity contribution in [2.24, 2.45) is 10.7 Å². The number of methoxy groups -OCH3 is 2. The third-order valence-corrected chi connectivity index (χ3v) is 2.94. The molecule has 1 aromatic rings. The third kappa shape index (κ3) is 4.48. The molecule has 3 N–H and O–H groups in total. The van der Waals surface area contributed by atoms with E-state index in [2.05, 4.69) is 32.8 Å². The number of hydrogen-bond donors (Lipinski definition) is 2. The van der Waals surface area contributed by atoms with Gasteiger partial charge in [-0.25, -0.2) is 4.99 Å². The smallest absolute Gasteiger partial charge is 0.189 e. The van der Waals surface area contributed by atoms with Crippen LogP contribution < -0.4 is 20.5 Å². The van der Waals surface area contributed by atoms with Gasteiger partial charge in [-0.3, -0.25) is 0 Å². The molecule has 0 aliphatic heterocycles. The number of nitrogens with zero attached hydrogens (tertiary/aromatic N) is 1. The zero-order valence-electron chi connectivity index (χ0n) is 11.1. The van der Waals surface area contributed by atoms with E-state index in [0.717, 1.165) is 10.0 Å². The number of benzene rings is 1. The molecule has 0 bridgehead atoms. The molecular weight excluding hydrogens is 310 g/mol. The maximum atomic E-state index is 5.70. The summed E-state index contributed by atoms with van der Waals surface area (Å²) in [5, 5.41) is 2.91. The van der Waals surface area contributed by atoms with Crippen molar-refractivity contribution < 1.29 is 9.47 Å². The summed E-state index contributed by atoms with van der Waals surface area (Å²) in [5.74, 6) is 1.69. The van der Waals surface area contributed by atoms with Crippen LogP contribution in [0.5, 0.6) is 11.5 Å². The van der Waals surface area contributed by atoms with Crippen LogP contribution in [0.1, 0.15) is 5.56 Å². The van der Waals surface area contributed by atoms with Crippen LogP contribution in [0.15, 0.2) is 34.3 Å². The zero-order chi connectivity index (χ0) is 14.3. The van der Waals surface area contributed by atoms with Gasteiger partial charge in [0.05, 0.1) is 25.2 Å². The van der Waals surface area contributed by atoms with Crippen LogP contribution in [0.3, 0.4) is 0 Å². The Morgan fingerprint density at radius 2 is 2.21 bits per heavy atom. The van der Waals surface area contributed by atoms with Gasteiger partial charge in [0, 0.05) is 6.54 Å². The predicted octanol–water partition coefficient (Wildman–Crippen LogP) is 2.06. The van der Waals surface area contributed by atoms with Crippen molar-refractivity contribution in [1.82, 2.24) is 5.32 Å². The van der Waals surface area contributed by atoms with E-state index in [0.29, 0.717) is 30.5 Å². The summed E-state index contributed by atoms with van der Waals surface area (Å²) < 4.78 is 11.3. The van der Waals surface area contributed by atoms with Crippen molar-refractivity contribution in [2.45, 2.75) is 6.54 Å². The van der Waals surface area contributed by atoms with E-state index in [1.807, 2.05) is 12.1 Å². The van der Waals surface area contributed by atoms with Crippen LogP contribution in [-0.4, -0.2) is 26.7 Å². The van der Waals surface area contributed by atoms with E-state index in [1.165, 1.54) is 0 Å². The first-order valence-electron chi connectivity index (χ1n) is 5.67. The average Bonchev–Trinajstić information content (AvgIpc) is 2.42. The van der Waals surface area contributed by atoms with E-state index in [4.69, 9.17) is 15.2 Å². The van der Waals surface area contributed by atoms with Gasteiger partial charge >= 0.3 is 0 Å². The Morgan fingerprint density at radius 3 is 2.79 bits per heavy atom. The normalized spacial score (nSPS) is 11.0. The second kappa shape index (κ2) is 7.68. The zero-order valence-corrected chi connectivity index (χ0v) is 12.7. The highest BCUT2D eigenvalue weighted by Crippen LogP contribution is 2.36. The fourth-order valence-corrected chi connectivity index (χ4v) is 2.12. The number of nitrogens with one attached hydrogen (secondary N) is 1. The molecule has 0 spiro atoms. The number of ether oxygens (including phenoxy) is 2. The molecule has 0 aliphatic carbocycles. The van der Waals surface area contributed by atoms with Gasteiger partial charge in [0.25, 0.3) is 0 Å². The molecule has 0 heterocycles. The van der Waals surface area contributed by atoms with Gasteiger partial charge in [-0.2, -0.15) is 0 Å². The highest BCUT2D eigenvalue weighted by Gasteiger charge is 2.10. The summed E-state index contributed by atoms with van der Waals surface area (Å²) in [6, 6.07) is 3.79. The number of rotatable bonds is 6. The molecule has 0 atom stereocenters. The van der Waals surface area contributed by atoms with Gasteiger partial charge in [0.1, 0.15) is 0 Å². The molecule has 6 heteroatoms. The molecule has 0 saturated heterocycles. The molecule has 0 aliphatic rings. The molecule has 0 amide bonds. The Hall–Kier alpha value is -1.69. The summed E-state index contributed by atoms with van der Waals surface area (Å²) in [6.07, 6.45) is 1.72. The number of guanidine groups is 1. The molecule has 5 nitrogen and oxygen atoms in total. The lowest BCUT2D eigenvalue weighted by molar-refractivity contribution is 0.352. The minimum absolute atomic E-state index is 0.380. The lowest BCUT2D eigenvalue weighted by atomic mass is 10.2. The molecule has 0 unspecified atom stereocenters. The van der Waals surface area contributed by atoms with E-state index in [-0.39, 0.29) is 0 Å². The van der Waals surface area contributed by atoms with E-state index in [9.17, 15) is 0 Å². The van der Waals surface area contributed by atoms with Crippen LogP contribution in [0.4, 0.5) is 0 Å². The first kappa shape index (κ1) is 15.4. The maximum Gasteiger partial charge on any atom is 0.189 e. The van der Waals surface area contributed by atoms with Gasteiger partial charge in [0.2, 0.25) is 0 Å². The SMILES string of the molecule is C=CCNC(N)=NCc1cc(Br)c(OC)c(OC)c1. The lowest BCUT2D eigenvalue weighted by Gasteiger charge is -2.11. The Morgan fingerprint density at radius 1 is 1.47 bits per heavy atom. The minimum Gasteiger partial charge on any atom is -0.493 e. The predicted molar refractivity (Wildman–Crippen MR) is 80.8 cm³/mol. The quantitative estimate of drug-likeness (QED) is 0.476. The van der Waals surface area contributed by atoms with Crippen molar-refractivity contribution in [3.05, 3.63) is 34.8 Å². The fraction of sp³-hybridized carbons (Fsp3) is 0.308. The molecule has 1 aromatic carbocycles. The Kier molecular flexibility index (Phi) is 6.21. The van der Waals surface area contributed by atoms with Crippen LogP contribution in [0.25, 0.3) is 0 Å². The Balaban J connectivity index is 2.85. The van der Waals surface area contributed by atoms with Crippen molar-refractivity contribution in [3.8, 4) is 11.5 Å². The van der Waals surface area contributed by atoms with Gasteiger partial charge in [-0.05, 0) is 33.6 Å². The molecule has 19 heavy (non-hydrogen) atoms. The second-order valence-corrected chi connectivity index (χ2v) is 4.54. The molecule has 0 aromatic heterocycles. The third-order valence-electron chi connectivity index (χ3n) is 2.35. The van der Waals surface area contributed by atoms with Crippen LogP contribution >= 0.6 is 15.9 Å². The summed E-state index contributed by atoms with van der Waals surface area (Å²) in [5.41, 5.74) is 6.66. The van der Waals surface area contributed by atoms with Gasteiger partial charge < -0.3 is 20.5 Å². The first-order chi connectivity index (χ1) is 9.12. The summed E-state index contributed by atoms with van der Waals surface area (Å²) in [4.78, 5) is 4.22. The summed E-state index contributed by atoms with van der Waals surface area (Å²) in [6.45, 7) is 4.64. The molecule has 0 radical (unpaired) electrons. The van der Waals surface area contributed by atoms with E-state index < -0.39 is 0 Å². The van der Waals surface area contributed by atoms with Crippen molar-refractivity contribution in [3.63, 3.8) is 0 Å². The topological polar surface area (TPSA) is 68.9 Å². The number of aliphatic imine (C=N–C) groups is 1. The Bertz CT molecular complexity index is 475. The highest BCUT2D eigenvalue weighted by molar-refractivity contribution is 9.10. The Labute approximate surface area is 121 Å². The fourth-order valence-electron chi connectivity index (χ4n) is 1.47. The first-order valence-corrected chi connectivity index (χ1v) is 6.46. The van der Waals surface area contributed by atoms with Crippen LogP contribution in [0.2, 0.25) is 0 Å². The number of hydrogen-bond acceptors (Lipinski definition) is 3. The van der Waals surface area contributed by atoms with Crippen molar-refractivity contribution in [1.29, 1.82) is 0 Å². The lowest BCUT2D eigenvalue weighted by Crippen LogP contribution is -2.31. The van der Waals surface area contributed by atoms with Gasteiger partial charge in [-0.1, -0.05) is 6.08 Å². The average molecular weight is 328 g/mol. The molecule has 1 rings (SSSR count). The molecule has 104 valence electrons. The molecule has 0 fully saturated rings. The maximum absolute atomic E-state index is 5.70. The molecule has 0 saturated carbocycles. The van der Waals surface area contributed by atoms with Crippen LogP contribution in [0, 0.1) is 0 Å². The van der Waals surface area contributed by atoms with E-state index in [1.54, 1.807) is 20.3 Å². The molecular formula is C13H18BrN3O2. The van der Waals surface area contributed by atoms with Gasteiger partial charge in [0.15, 0.2) is 17.5 Å². The monoisotopic (exact) mass is 327 g/mol. The highest BCUT2D eigenvalue weighted by atomic mass is 79.9. The largest absolute Gasteiger partial charge is 0.493 e. The summed E-state index contributed by atoms with van der Waals surface area (Å²) in [7, 11) is 3.19. The van der Waals surface area contributed by atoms with Crippen LogP contribution in [-0.2, 0) is 6.54 Å². The van der Waals surface area contributed by atoms with Crippen molar-refractivity contribution in [2.75, 3.05) is 20.8 Å². The summed E-state index contributed by atoms with van der Waals surface area (Å²) >= 11 is 3.43. The number of nitrogens with two attached hydrogens (primary N) is 1. The van der Waals surface area contributed by atoms with Gasteiger partial charge in [-0.15, -0.1) is 6.58 Å². The minimum atomic E-state index is 0.380. The van der Waals surface area contributed by atoms with E-state index >= 15 is 0 Å². The standard InChI is InChI=1S/C13H18BrN3O2/c1-4-5-16-13(15)17-8-9-6-10(14)12(19-3)11(7-9)18-2/h4,6-7H,1,5,8H2,2-3H3,(H3,15,16,17).